The van der Waals surface area contributed by atoms with Crippen molar-refractivity contribution in [1.82, 2.24) is 5.32 Å². The molecule has 3 N–H and O–H groups in total. The summed E-state index contributed by atoms with van der Waals surface area (Å²) in [6.45, 7) is 4.91. The number of esters is 1. The summed E-state index contributed by atoms with van der Waals surface area (Å²) >= 11 is 0. The van der Waals surface area contributed by atoms with Crippen LogP contribution >= 0.6 is 0 Å². The van der Waals surface area contributed by atoms with Crippen LogP contribution in [0.3, 0.4) is 0 Å². The highest BCUT2D eigenvalue weighted by molar-refractivity contribution is 5.76. The van der Waals surface area contributed by atoms with Gasteiger partial charge in [0.2, 0.25) is 5.91 Å². The first kappa shape index (κ1) is 70.1. The Labute approximate surface area is 449 Å². The second kappa shape index (κ2) is 61.6. The van der Waals surface area contributed by atoms with Crippen molar-refractivity contribution in [3.8, 4) is 0 Å². The monoisotopic (exact) mass is 1010 g/mol. The number of ether oxygens (including phenoxy) is 1. The molecule has 0 saturated carbocycles. The molecule has 6 nitrogen and oxygen atoms in total. The smallest absolute Gasteiger partial charge is 0.305 e. The number of hydrogen-bond acceptors (Lipinski definition) is 5. The molecule has 0 saturated heterocycles. The van der Waals surface area contributed by atoms with Crippen LogP contribution in [-0.2, 0) is 14.3 Å². The highest BCUT2D eigenvalue weighted by atomic mass is 16.5. The molecule has 0 aromatic heterocycles. The number of unbranched alkanes of at least 4 members (excludes halogenated alkanes) is 45. The van der Waals surface area contributed by atoms with Gasteiger partial charge in [0.1, 0.15) is 0 Å². The molecule has 1 amide bonds. The minimum Gasteiger partial charge on any atom is -0.466 e. The molecule has 2 unspecified atom stereocenters. The van der Waals surface area contributed by atoms with E-state index in [1.54, 1.807) is 6.08 Å². The summed E-state index contributed by atoms with van der Waals surface area (Å²) in [7, 11) is 0. The molecule has 2 atom stereocenters. The highest BCUT2D eigenvalue weighted by Gasteiger charge is 2.18. The number of amides is 1. The van der Waals surface area contributed by atoms with Crippen molar-refractivity contribution in [2.75, 3.05) is 13.2 Å². The molecule has 0 radical (unpaired) electrons. The zero-order chi connectivity index (χ0) is 52.2. The van der Waals surface area contributed by atoms with E-state index in [2.05, 4.69) is 43.5 Å². The highest BCUT2D eigenvalue weighted by Crippen LogP contribution is 2.17. The van der Waals surface area contributed by atoms with Crippen LogP contribution < -0.4 is 5.32 Å². The van der Waals surface area contributed by atoms with Crippen molar-refractivity contribution in [2.45, 2.75) is 360 Å². The topological polar surface area (TPSA) is 95.9 Å². The van der Waals surface area contributed by atoms with E-state index in [-0.39, 0.29) is 18.5 Å². The van der Waals surface area contributed by atoms with Gasteiger partial charge < -0.3 is 20.3 Å². The fourth-order valence-electron chi connectivity index (χ4n) is 9.96. The van der Waals surface area contributed by atoms with Gasteiger partial charge in [-0.05, 0) is 64.2 Å². The average molecular weight is 1010 g/mol. The van der Waals surface area contributed by atoms with E-state index in [4.69, 9.17) is 4.74 Å². The number of hydrogen-bond donors (Lipinski definition) is 3. The Morgan fingerprint density at radius 1 is 0.389 bits per heavy atom. The number of carbonyl (C=O) groups excluding carboxylic acids is 2. The number of rotatable bonds is 60. The van der Waals surface area contributed by atoms with Crippen LogP contribution in [0.4, 0.5) is 0 Å². The molecule has 0 spiro atoms. The van der Waals surface area contributed by atoms with Crippen molar-refractivity contribution in [3.05, 3.63) is 36.5 Å². The van der Waals surface area contributed by atoms with Gasteiger partial charge >= 0.3 is 5.97 Å². The second-order valence-electron chi connectivity index (χ2n) is 22.1. The van der Waals surface area contributed by atoms with Crippen molar-refractivity contribution in [3.63, 3.8) is 0 Å². The van der Waals surface area contributed by atoms with Crippen LogP contribution in [0.1, 0.15) is 348 Å². The summed E-state index contributed by atoms with van der Waals surface area (Å²) in [6, 6.07) is -0.628. The van der Waals surface area contributed by atoms with Crippen molar-refractivity contribution >= 4 is 11.9 Å². The lowest BCUT2D eigenvalue weighted by molar-refractivity contribution is -0.143. The predicted molar refractivity (Wildman–Crippen MR) is 315 cm³/mol. The summed E-state index contributed by atoms with van der Waals surface area (Å²) < 4.78 is 5.48. The number of carbonyl (C=O) groups is 2. The van der Waals surface area contributed by atoms with Crippen LogP contribution in [-0.4, -0.2) is 47.4 Å². The van der Waals surface area contributed by atoms with E-state index in [9.17, 15) is 19.8 Å². The van der Waals surface area contributed by atoms with Crippen LogP contribution in [0.5, 0.6) is 0 Å². The fraction of sp³-hybridized carbons (Fsp3) is 0.879. The Balaban J connectivity index is 3.40. The Morgan fingerprint density at radius 2 is 0.694 bits per heavy atom. The molecule has 0 aliphatic carbocycles. The van der Waals surface area contributed by atoms with Crippen molar-refractivity contribution in [2.24, 2.45) is 0 Å². The van der Waals surface area contributed by atoms with Crippen LogP contribution in [0.2, 0.25) is 0 Å². The lowest BCUT2D eigenvalue weighted by atomic mass is 10.0. The van der Waals surface area contributed by atoms with E-state index < -0.39 is 12.1 Å². The first-order valence-corrected chi connectivity index (χ1v) is 32.3. The van der Waals surface area contributed by atoms with Gasteiger partial charge in [0.05, 0.1) is 25.4 Å². The first-order chi connectivity index (χ1) is 35.5. The van der Waals surface area contributed by atoms with E-state index in [0.29, 0.717) is 19.4 Å². The summed E-state index contributed by atoms with van der Waals surface area (Å²) in [6.07, 6.45) is 77.7. The third-order valence-corrected chi connectivity index (χ3v) is 14.9. The third kappa shape index (κ3) is 57.4. The quantitative estimate of drug-likeness (QED) is 0.0320. The number of aliphatic hydroxyl groups excluding tert-OH is 2. The summed E-state index contributed by atoms with van der Waals surface area (Å²) in [4.78, 5) is 24.5. The van der Waals surface area contributed by atoms with Gasteiger partial charge in [-0.2, -0.15) is 0 Å². The Bertz CT molecular complexity index is 1170. The molecule has 0 aromatic carbocycles. The maximum absolute atomic E-state index is 12.4. The standard InChI is InChI=1S/C66H125NO5/c1-3-5-7-9-11-13-15-17-36-40-44-48-52-56-60-66(71)72-61-57-53-49-45-41-37-34-32-30-28-26-24-22-20-18-19-21-23-25-27-29-31-33-35-39-43-47-51-55-59-65(70)67-63(62-68)64(69)58-54-50-46-42-38-16-14-12-10-8-6-4-2/h18,20,24,26,54,58,63-64,68-69H,3-17,19,21-23,25,27-53,55-57,59-62H2,1-2H3,(H,67,70)/b20-18-,26-24-,58-54+. The molecule has 0 bridgehead atoms. The third-order valence-electron chi connectivity index (χ3n) is 14.9. The van der Waals surface area contributed by atoms with Crippen LogP contribution in [0, 0.1) is 0 Å². The lowest BCUT2D eigenvalue weighted by Gasteiger charge is -2.20. The molecule has 0 rings (SSSR count). The molecular weight excluding hydrogens is 887 g/mol. The molecule has 0 heterocycles. The Kier molecular flexibility index (Phi) is 60.0. The van der Waals surface area contributed by atoms with Gasteiger partial charge in [-0.15, -0.1) is 0 Å². The number of aliphatic hydroxyl groups is 2. The molecule has 72 heavy (non-hydrogen) atoms. The second-order valence-corrected chi connectivity index (χ2v) is 22.1. The normalized spacial score (nSPS) is 12.8. The summed E-state index contributed by atoms with van der Waals surface area (Å²) in [5.74, 6) is -0.0550. The molecular formula is C66H125NO5. The summed E-state index contributed by atoms with van der Waals surface area (Å²) in [5, 5.41) is 23.1. The largest absolute Gasteiger partial charge is 0.466 e. The van der Waals surface area contributed by atoms with Gasteiger partial charge in [0, 0.05) is 12.8 Å². The zero-order valence-corrected chi connectivity index (χ0v) is 48.4. The van der Waals surface area contributed by atoms with Gasteiger partial charge in [-0.25, -0.2) is 0 Å². The van der Waals surface area contributed by atoms with Gasteiger partial charge in [0.25, 0.3) is 0 Å². The minimum atomic E-state index is -0.844. The SMILES string of the molecule is CCCCCCCCCCCC/C=C/C(O)C(CO)NC(=O)CCCCCCCCCCCCCCC/C=C\C/C=C\CCCCCCCCCCCOC(=O)CCCCCCCCCCCCCCCC. The van der Waals surface area contributed by atoms with Gasteiger partial charge in [-0.3, -0.25) is 9.59 Å². The molecule has 0 aliphatic rings. The van der Waals surface area contributed by atoms with E-state index >= 15 is 0 Å². The average Bonchev–Trinajstić information content (AvgIpc) is 3.38. The maximum atomic E-state index is 12.4. The van der Waals surface area contributed by atoms with Gasteiger partial charge in [0.15, 0.2) is 0 Å². The van der Waals surface area contributed by atoms with Crippen molar-refractivity contribution in [1.29, 1.82) is 0 Å². The number of nitrogens with one attached hydrogen (secondary N) is 1. The minimum absolute atomic E-state index is 0.0140. The predicted octanol–water partition coefficient (Wildman–Crippen LogP) is 20.4. The molecule has 0 fully saturated rings. The molecule has 0 aromatic rings. The molecule has 6 heteroatoms. The Hall–Kier alpha value is -1.92. The maximum Gasteiger partial charge on any atom is 0.305 e. The van der Waals surface area contributed by atoms with Gasteiger partial charge in [-0.1, -0.05) is 307 Å². The van der Waals surface area contributed by atoms with E-state index in [0.717, 1.165) is 44.9 Å². The van der Waals surface area contributed by atoms with E-state index in [1.807, 2.05) is 6.08 Å². The van der Waals surface area contributed by atoms with E-state index in [1.165, 1.54) is 276 Å². The number of allylic oxidation sites excluding steroid dienone is 5. The lowest BCUT2D eigenvalue weighted by Crippen LogP contribution is -2.45. The Morgan fingerprint density at radius 3 is 1.06 bits per heavy atom. The molecule has 0 aliphatic heterocycles. The first-order valence-electron chi connectivity index (χ1n) is 32.3. The summed E-state index contributed by atoms with van der Waals surface area (Å²) in [5.41, 5.74) is 0. The van der Waals surface area contributed by atoms with Crippen molar-refractivity contribution < 1.29 is 24.5 Å². The molecule has 424 valence electrons. The van der Waals surface area contributed by atoms with Crippen LogP contribution in [0.15, 0.2) is 36.5 Å². The zero-order valence-electron chi connectivity index (χ0n) is 48.4. The fourth-order valence-corrected chi connectivity index (χ4v) is 9.96. The van der Waals surface area contributed by atoms with Crippen LogP contribution in [0.25, 0.3) is 0 Å².